The molecule has 1 fully saturated rings. The second-order valence-electron chi connectivity index (χ2n) is 13.1. The van der Waals surface area contributed by atoms with E-state index in [9.17, 15) is 14.4 Å². The SMILES string of the molecule is CN(CCCCCCCCCCN1C(=O)c2ccccc2C1=O)CCN1CC[C@H](C(C(N)=O)(c2ccccc2)c2ccccc2)C1. The number of imide groups is 1. The molecule has 5 rings (SSSR count). The summed E-state index contributed by atoms with van der Waals surface area (Å²) in [5.74, 6) is -0.435. The number of benzene rings is 3. The molecule has 2 N–H and O–H groups in total. The number of primary amides is 1. The maximum atomic E-state index is 13.3. The van der Waals surface area contributed by atoms with Crippen molar-refractivity contribution in [1.29, 1.82) is 0 Å². The van der Waals surface area contributed by atoms with Crippen LogP contribution in [0.15, 0.2) is 84.9 Å². The quantitative estimate of drug-likeness (QED) is 0.136. The summed E-state index contributed by atoms with van der Waals surface area (Å²) in [6.07, 6.45) is 10.1. The molecule has 1 saturated heterocycles. The van der Waals surface area contributed by atoms with Crippen molar-refractivity contribution in [3.8, 4) is 0 Å². The number of rotatable bonds is 18. The normalized spacial score (nSPS) is 16.8. The van der Waals surface area contributed by atoms with E-state index in [0.29, 0.717) is 17.7 Å². The number of amides is 3. The largest absolute Gasteiger partial charge is 0.369 e. The molecule has 0 aliphatic carbocycles. The Morgan fingerprint density at radius 1 is 0.717 bits per heavy atom. The Morgan fingerprint density at radius 3 is 1.76 bits per heavy atom. The number of fused-ring (bicyclic) bond motifs is 1. The fraction of sp³-hybridized carbons (Fsp3) is 0.462. The molecule has 0 spiro atoms. The van der Waals surface area contributed by atoms with E-state index in [1.807, 2.05) is 48.5 Å². The third-order valence-electron chi connectivity index (χ3n) is 10.1. The van der Waals surface area contributed by atoms with Crippen molar-refractivity contribution in [2.75, 3.05) is 46.3 Å². The molecule has 0 saturated carbocycles. The highest BCUT2D eigenvalue weighted by Gasteiger charge is 2.49. The Hall–Kier alpha value is -3.81. The first-order valence-corrected chi connectivity index (χ1v) is 17.2. The Bertz CT molecular complexity index is 1370. The molecule has 7 nitrogen and oxygen atoms in total. The fourth-order valence-electron chi connectivity index (χ4n) is 7.49. The van der Waals surface area contributed by atoms with Crippen molar-refractivity contribution in [1.82, 2.24) is 14.7 Å². The van der Waals surface area contributed by atoms with Crippen LogP contribution in [-0.4, -0.2) is 78.7 Å². The summed E-state index contributed by atoms with van der Waals surface area (Å²) in [6, 6.07) is 27.3. The van der Waals surface area contributed by atoms with Gasteiger partial charge < -0.3 is 15.5 Å². The maximum Gasteiger partial charge on any atom is 0.261 e. The first-order valence-electron chi connectivity index (χ1n) is 17.2. The Kier molecular flexibility index (Phi) is 11.8. The third-order valence-corrected chi connectivity index (χ3v) is 10.1. The van der Waals surface area contributed by atoms with Crippen LogP contribution in [0.3, 0.4) is 0 Å². The van der Waals surface area contributed by atoms with Gasteiger partial charge in [-0.3, -0.25) is 19.3 Å². The molecule has 0 unspecified atom stereocenters. The van der Waals surface area contributed by atoms with Crippen molar-refractivity contribution in [3.05, 3.63) is 107 Å². The summed E-state index contributed by atoms with van der Waals surface area (Å²) in [5.41, 5.74) is 8.48. The van der Waals surface area contributed by atoms with Crippen LogP contribution in [-0.2, 0) is 10.2 Å². The molecule has 0 aromatic heterocycles. The number of carbonyl (C=O) groups excluding carboxylic acids is 3. The highest BCUT2D eigenvalue weighted by Crippen LogP contribution is 2.43. The number of carbonyl (C=O) groups is 3. The number of nitrogens with zero attached hydrogens (tertiary/aromatic N) is 3. The number of unbranched alkanes of at least 4 members (excludes halogenated alkanes) is 7. The number of hydrogen-bond acceptors (Lipinski definition) is 5. The van der Waals surface area contributed by atoms with E-state index < -0.39 is 5.41 Å². The lowest BCUT2D eigenvalue weighted by Gasteiger charge is -2.37. The molecule has 2 aliphatic heterocycles. The average Bonchev–Trinajstić information content (AvgIpc) is 3.65. The zero-order chi connectivity index (χ0) is 32.4. The summed E-state index contributed by atoms with van der Waals surface area (Å²) in [6.45, 7) is 5.45. The molecule has 0 radical (unpaired) electrons. The van der Waals surface area contributed by atoms with Gasteiger partial charge in [0.05, 0.1) is 11.1 Å². The number of hydrogen-bond donors (Lipinski definition) is 1. The summed E-state index contributed by atoms with van der Waals surface area (Å²) >= 11 is 0. The minimum Gasteiger partial charge on any atom is -0.369 e. The van der Waals surface area contributed by atoms with Crippen molar-refractivity contribution in [2.45, 2.75) is 63.2 Å². The van der Waals surface area contributed by atoms with E-state index in [0.717, 1.165) is 69.5 Å². The van der Waals surface area contributed by atoms with Crippen molar-refractivity contribution in [2.24, 2.45) is 11.7 Å². The van der Waals surface area contributed by atoms with Gasteiger partial charge in [-0.25, -0.2) is 0 Å². The van der Waals surface area contributed by atoms with E-state index in [2.05, 4.69) is 41.1 Å². The molecule has 3 aromatic rings. The topological polar surface area (TPSA) is 87.0 Å². The van der Waals surface area contributed by atoms with Gasteiger partial charge in [0.2, 0.25) is 5.91 Å². The van der Waals surface area contributed by atoms with Gasteiger partial charge in [0.1, 0.15) is 5.41 Å². The monoisotopic (exact) mass is 622 g/mol. The minimum atomic E-state index is -0.832. The lowest BCUT2D eigenvalue weighted by Crippen LogP contribution is -2.49. The maximum absolute atomic E-state index is 13.3. The lowest BCUT2D eigenvalue weighted by atomic mass is 9.64. The molecule has 3 aromatic carbocycles. The van der Waals surface area contributed by atoms with E-state index in [4.69, 9.17) is 5.73 Å². The smallest absolute Gasteiger partial charge is 0.261 e. The minimum absolute atomic E-state index is 0.127. The number of likely N-dealkylation sites (N-methyl/N-ethyl adjacent to an activating group) is 1. The second kappa shape index (κ2) is 16.1. The van der Waals surface area contributed by atoms with E-state index >= 15 is 0 Å². The van der Waals surface area contributed by atoms with Crippen LogP contribution in [0.5, 0.6) is 0 Å². The summed E-state index contributed by atoms with van der Waals surface area (Å²) in [7, 11) is 2.21. The van der Waals surface area contributed by atoms with Gasteiger partial charge in [0, 0.05) is 26.2 Å². The average molecular weight is 623 g/mol. The van der Waals surface area contributed by atoms with Crippen molar-refractivity contribution in [3.63, 3.8) is 0 Å². The first-order chi connectivity index (χ1) is 22.4. The van der Waals surface area contributed by atoms with Gasteiger partial charge in [0.25, 0.3) is 11.8 Å². The van der Waals surface area contributed by atoms with Gasteiger partial charge >= 0.3 is 0 Å². The Morgan fingerprint density at radius 2 is 1.22 bits per heavy atom. The summed E-state index contributed by atoms with van der Waals surface area (Å²) in [5, 5.41) is 0. The molecule has 7 heteroatoms. The van der Waals surface area contributed by atoms with Gasteiger partial charge in [-0.05, 0) is 68.6 Å². The number of likely N-dealkylation sites (tertiary alicyclic amines) is 1. The Labute approximate surface area is 274 Å². The van der Waals surface area contributed by atoms with Gasteiger partial charge in [-0.1, -0.05) is 111 Å². The van der Waals surface area contributed by atoms with Crippen LogP contribution in [0.2, 0.25) is 0 Å². The highest BCUT2D eigenvalue weighted by atomic mass is 16.2. The molecule has 46 heavy (non-hydrogen) atoms. The molecule has 244 valence electrons. The summed E-state index contributed by atoms with van der Waals surface area (Å²) in [4.78, 5) is 44.6. The highest BCUT2D eigenvalue weighted by molar-refractivity contribution is 6.21. The molecular formula is C39H50N4O3. The summed E-state index contributed by atoms with van der Waals surface area (Å²) < 4.78 is 0. The van der Waals surface area contributed by atoms with Crippen molar-refractivity contribution >= 4 is 17.7 Å². The molecular weight excluding hydrogens is 572 g/mol. The standard InChI is InChI=1S/C39H50N4O3/c1-41(25-16-6-4-2-3-5-7-17-26-43-36(44)34-22-14-15-23-35(34)37(43)45)28-29-42-27-24-33(30-42)39(38(40)46,31-18-10-8-11-19-31)32-20-12-9-13-21-32/h8-15,18-23,33H,2-7,16-17,24-30H2,1H3,(H2,40,46)/t33-/m0/s1. The fourth-order valence-corrected chi connectivity index (χ4v) is 7.49. The van der Waals surface area contributed by atoms with Crippen LogP contribution in [0.1, 0.15) is 89.6 Å². The van der Waals surface area contributed by atoms with Gasteiger partial charge in [-0.2, -0.15) is 0 Å². The lowest BCUT2D eigenvalue weighted by molar-refractivity contribution is -0.123. The second-order valence-corrected chi connectivity index (χ2v) is 13.1. The Balaban J connectivity index is 0.956. The van der Waals surface area contributed by atoms with Crippen LogP contribution >= 0.6 is 0 Å². The van der Waals surface area contributed by atoms with E-state index in [1.54, 1.807) is 12.1 Å². The number of nitrogens with two attached hydrogens (primary N) is 1. The van der Waals surface area contributed by atoms with E-state index in [1.165, 1.54) is 37.0 Å². The zero-order valence-corrected chi connectivity index (χ0v) is 27.4. The van der Waals surface area contributed by atoms with Crippen molar-refractivity contribution < 1.29 is 14.4 Å². The predicted octanol–water partition coefficient (Wildman–Crippen LogP) is 6.13. The molecule has 1 atom stereocenters. The van der Waals surface area contributed by atoms with Crippen LogP contribution < -0.4 is 5.73 Å². The van der Waals surface area contributed by atoms with Crippen LogP contribution in [0.4, 0.5) is 0 Å². The molecule has 2 heterocycles. The van der Waals surface area contributed by atoms with E-state index in [-0.39, 0.29) is 23.6 Å². The molecule has 2 aliphatic rings. The predicted molar refractivity (Wildman–Crippen MR) is 184 cm³/mol. The zero-order valence-electron chi connectivity index (χ0n) is 27.4. The third kappa shape index (κ3) is 7.59. The van der Waals surface area contributed by atoms with Gasteiger partial charge in [-0.15, -0.1) is 0 Å². The molecule has 3 amide bonds. The van der Waals surface area contributed by atoms with Gasteiger partial charge in [0.15, 0.2) is 0 Å². The first kappa shape index (κ1) is 33.6. The van der Waals surface area contributed by atoms with Crippen LogP contribution in [0, 0.1) is 5.92 Å². The molecule has 0 bridgehead atoms. The van der Waals surface area contributed by atoms with Crippen LogP contribution in [0.25, 0.3) is 0 Å².